The molecular formula is C10H11NOS2. The van der Waals surface area contributed by atoms with E-state index in [9.17, 15) is 4.79 Å². The lowest BCUT2D eigenvalue weighted by molar-refractivity contribution is 0.112. The van der Waals surface area contributed by atoms with Crippen LogP contribution in [0.2, 0.25) is 0 Å². The Morgan fingerprint density at radius 1 is 1.57 bits per heavy atom. The van der Waals surface area contributed by atoms with Crippen molar-refractivity contribution in [1.82, 2.24) is 5.32 Å². The summed E-state index contributed by atoms with van der Waals surface area (Å²) in [5.74, 6) is 0. The number of carbonyl (C=O) groups excluding carboxylic acids is 1. The lowest BCUT2D eigenvalue weighted by atomic mass is 10.0. The van der Waals surface area contributed by atoms with Gasteiger partial charge in [0, 0.05) is 18.7 Å². The molecule has 0 radical (unpaired) electrons. The van der Waals surface area contributed by atoms with Crippen LogP contribution in [0.25, 0.3) is 5.57 Å². The van der Waals surface area contributed by atoms with E-state index in [1.807, 2.05) is 6.26 Å². The third-order valence-corrected chi connectivity index (χ3v) is 4.57. The lowest BCUT2D eigenvalue weighted by Gasteiger charge is -2.17. The first-order valence-electron chi connectivity index (χ1n) is 4.31. The zero-order chi connectivity index (χ0) is 10.1. The quantitative estimate of drug-likeness (QED) is 0.619. The maximum atomic E-state index is 10.9. The van der Waals surface area contributed by atoms with E-state index in [0.717, 1.165) is 35.4 Å². The molecule has 2 heterocycles. The van der Waals surface area contributed by atoms with Gasteiger partial charge in [-0.25, -0.2) is 0 Å². The monoisotopic (exact) mass is 225 g/mol. The highest BCUT2D eigenvalue weighted by molar-refractivity contribution is 8.00. The Bertz CT molecular complexity index is 395. The summed E-state index contributed by atoms with van der Waals surface area (Å²) in [7, 11) is 0. The summed E-state index contributed by atoms with van der Waals surface area (Å²) in [6.07, 6.45) is 2.99. The highest BCUT2D eigenvalue weighted by Crippen LogP contribution is 2.39. The number of thiophene rings is 1. The van der Waals surface area contributed by atoms with E-state index in [4.69, 9.17) is 0 Å². The van der Waals surface area contributed by atoms with Crippen molar-refractivity contribution in [1.29, 1.82) is 0 Å². The minimum Gasteiger partial charge on any atom is -0.309 e. The Labute approximate surface area is 91.4 Å². The van der Waals surface area contributed by atoms with Crippen molar-refractivity contribution in [3.05, 3.63) is 22.6 Å². The number of rotatable bonds is 2. The molecule has 0 aromatic carbocycles. The summed E-state index contributed by atoms with van der Waals surface area (Å²) in [5.41, 5.74) is 3.44. The van der Waals surface area contributed by atoms with Gasteiger partial charge in [0.15, 0.2) is 6.29 Å². The smallest absolute Gasteiger partial charge is 0.160 e. The Morgan fingerprint density at radius 3 is 3.00 bits per heavy atom. The molecule has 0 bridgehead atoms. The molecule has 1 aromatic rings. The number of hydrogen-bond acceptors (Lipinski definition) is 4. The highest BCUT2D eigenvalue weighted by Gasteiger charge is 2.22. The number of nitrogens with one attached hydrogen (secondary N) is 1. The summed E-state index contributed by atoms with van der Waals surface area (Å²) in [6.45, 7) is 5.65. The van der Waals surface area contributed by atoms with Crippen LogP contribution in [0.4, 0.5) is 0 Å². The van der Waals surface area contributed by atoms with Crippen LogP contribution in [-0.4, -0.2) is 19.1 Å². The van der Waals surface area contributed by atoms with E-state index in [0.29, 0.717) is 0 Å². The van der Waals surface area contributed by atoms with Crippen LogP contribution in [0.15, 0.2) is 10.8 Å². The number of hydrogen-bond donors (Lipinski definition) is 1. The molecule has 0 saturated carbocycles. The van der Waals surface area contributed by atoms with Gasteiger partial charge in [-0.15, -0.1) is 23.1 Å². The molecule has 4 heteroatoms. The fourth-order valence-corrected chi connectivity index (χ4v) is 3.65. The van der Waals surface area contributed by atoms with Crippen LogP contribution in [-0.2, 0) is 6.54 Å². The fraction of sp³-hybridized carbons (Fsp3) is 0.300. The van der Waals surface area contributed by atoms with Crippen LogP contribution >= 0.6 is 23.1 Å². The molecule has 1 aliphatic heterocycles. The third-order valence-electron chi connectivity index (χ3n) is 2.29. The van der Waals surface area contributed by atoms with E-state index in [2.05, 4.69) is 11.9 Å². The summed E-state index contributed by atoms with van der Waals surface area (Å²) in [5, 5.41) is 3.24. The van der Waals surface area contributed by atoms with E-state index in [1.165, 1.54) is 9.77 Å². The summed E-state index contributed by atoms with van der Waals surface area (Å²) in [6, 6.07) is 0. The Hall–Kier alpha value is -0.580. The van der Waals surface area contributed by atoms with Crippen LogP contribution in [0.3, 0.4) is 0 Å². The molecule has 0 saturated heterocycles. The van der Waals surface area contributed by atoms with E-state index in [1.54, 1.807) is 23.1 Å². The van der Waals surface area contributed by atoms with Crippen molar-refractivity contribution >= 4 is 35.0 Å². The van der Waals surface area contributed by atoms with Gasteiger partial charge in [-0.1, -0.05) is 6.58 Å². The van der Waals surface area contributed by atoms with Crippen LogP contribution < -0.4 is 5.32 Å². The fourth-order valence-electron chi connectivity index (χ4n) is 1.66. The maximum absolute atomic E-state index is 10.9. The number of thioether (sulfide) groups is 1. The summed E-state index contributed by atoms with van der Waals surface area (Å²) in [4.78, 5) is 11.7. The molecular weight excluding hydrogens is 214 g/mol. The summed E-state index contributed by atoms with van der Waals surface area (Å²) >= 11 is 3.27. The number of fused-ring (bicyclic) bond motifs is 1. The number of carbonyl (C=O) groups is 1. The van der Waals surface area contributed by atoms with Gasteiger partial charge in [0.25, 0.3) is 0 Å². The molecule has 1 aromatic heterocycles. The molecule has 0 amide bonds. The first-order chi connectivity index (χ1) is 6.77. The van der Waals surface area contributed by atoms with Crippen LogP contribution in [0.1, 0.15) is 20.8 Å². The topological polar surface area (TPSA) is 29.1 Å². The van der Waals surface area contributed by atoms with Gasteiger partial charge in [-0.05, 0) is 17.4 Å². The predicted octanol–water partition coefficient (Wildman–Crippen LogP) is 2.40. The molecule has 0 spiro atoms. The van der Waals surface area contributed by atoms with E-state index >= 15 is 0 Å². The third kappa shape index (κ3) is 1.43. The Balaban J connectivity index is 2.61. The maximum Gasteiger partial charge on any atom is 0.160 e. The second-order valence-electron chi connectivity index (χ2n) is 3.14. The van der Waals surface area contributed by atoms with Crippen molar-refractivity contribution in [2.24, 2.45) is 0 Å². The minimum atomic E-state index is 0.791. The van der Waals surface area contributed by atoms with Gasteiger partial charge < -0.3 is 5.32 Å². The zero-order valence-corrected chi connectivity index (χ0v) is 9.56. The van der Waals surface area contributed by atoms with Gasteiger partial charge in [0.1, 0.15) is 0 Å². The molecule has 2 nitrogen and oxygen atoms in total. The SMILES string of the molecule is C=C1CNCc2c(C=O)sc(SC)c21. The average molecular weight is 225 g/mol. The standard InChI is InChI=1S/C10H11NOS2/c1-6-3-11-4-7-8(5-12)14-10(13-2)9(6)7/h5,11H,1,3-4H2,2H3. The lowest BCUT2D eigenvalue weighted by Crippen LogP contribution is -2.22. The van der Waals surface area contributed by atoms with Gasteiger partial charge in [0.2, 0.25) is 0 Å². The molecule has 2 rings (SSSR count). The van der Waals surface area contributed by atoms with Crippen LogP contribution in [0.5, 0.6) is 0 Å². The molecule has 74 valence electrons. The zero-order valence-electron chi connectivity index (χ0n) is 7.92. The van der Waals surface area contributed by atoms with Crippen molar-refractivity contribution in [3.8, 4) is 0 Å². The van der Waals surface area contributed by atoms with E-state index in [-0.39, 0.29) is 0 Å². The predicted molar refractivity (Wildman–Crippen MR) is 62.2 cm³/mol. The largest absolute Gasteiger partial charge is 0.309 e. The molecule has 0 fully saturated rings. The van der Waals surface area contributed by atoms with Crippen molar-refractivity contribution in [3.63, 3.8) is 0 Å². The summed E-state index contributed by atoms with van der Waals surface area (Å²) < 4.78 is 1.22. The molecule has 14 heavy (non-hydrogen) atoms. The average Bonchev–Trinajstić information content (AvgIpc) is 2.57. The van der Waals surface area contributed by atoms with E-state index < -0.39 is 0 Å². The number of aldehydes is 1. The highest BCUT2D eigenvalue weighted by atomic mass is 32.2. The Morgan fingerprint density at radius 2 is 2.36 bits per heavy atom. The normalized spacial score (nSPS) is 15.4. The molecule has 1 aliphatic rings. The second-order valence-corrected chi connectivity index (χ2v) is 5.26. The van der Waals surface area contributed by atoms with Gasteiger partial charge in [-0.2, -0.15) is 0 Å². The molecule has 0 aliphatic carbocycles. The van der Waals surface area contributed by atoms with Crippen molar-refractivity contribution in [2.45, 2.75) is 10.8 Å². The molecule has 1 N–H and O–H groups in total. The van der Waals surface area contributed by atoms with Gasteiger partial charge in [-0.3, -0.25) is 4.79 Å². The second kappa shape index (κ2) is 3.88. The first-order valence-corrected chi connectivity index (χ1v) is 6.35. The van der Waals surface area contributed by atoms with Crippen LogP contribution in [0, 0.1) is 0 Å². The Kier molecular flexibility index (Phi) is 2.76. The minimum absolute atomic E-state index is 0.791. The van der Waals surface area contributed by atoms with Gasteiger partial charge >= 0.3 is 0 Å². The van der Waals surface area contributed by atoms with Gasteiger partial charge in [0.05, 0.1) is 9.09 Å². The van der Waals surface area contributed by atoms with Crippen molar-refractivity contribution < 1.29 is 4.79 Å². The molecule has 0 atom stereocenters. The first kappa shape index (κ1) is 9.96. The molecule has 0 unspecified atom stereocenters. The van der Waals surface area contributed by atoms with Crippen molar-refractivity contribution in [2.75, 3.05) is 12.8 Å².